The van der Waals surface area contributed by atoms with Crippen LogP contribution in [0.4, 0.5) is 4.39 Å². The van der Waals surface area contributed by atoms with Gasteiger partial charge in [-0.1, -0.05) is 19.9 Å². The minimum atomic E-state index is -0.384. The standard InChI is InChI=1S/C7H14FN/c1-3-5-6(8)7(9)4-2/h5,7H,3-4,9H2,1-2H3/b6-5+/t7-/m1/s1. The largest absolute Gasteiger partial charge is 0.322 e. The Hall–Kier alpha value is -0.370. The Morgan fingerprint density at radius 2 is 2.22 bits per heavy atom. The fourth-order valence-electron chi connectivity index (χ4n) is 0.541. The van der Waals surface area contributed by atoms with Crippen LogP contribution in [-0.2, 0) is 0 Å². The van der Waals surface area contributed by atoms with Crippen molar-refractivity contribution in [3.63, 3.8) is 0 Å². The molecule has 0 aromatic rings. The lowest BCUT2D eigenvalue weighted by Gasteiger charge is -2.03. The van der Waals surface area contributed by atoms with Crippen molar-refractivity contribution >= 4 is 0 Å². The molecule has 0 amide bonds. The van der Waals surface area contributed by atoms with Crippen molar-refractivity contribution in [1.29, 1.82) is 0 Å². The number of hydrogen-bond donors (Lipinski definition) is 1. The number of hydrogen-bond acceptors (Lipinski definition) is 1. The minimum absolute atomic E-state index is 0.181. The predicted octanol–water partition coefficient (Wildman–Crippen LogP) is 1.99. The third-order valence-corrected chi connectivity index (χ3v) is 1.19. The van der Waals surface area contributed by atoms with Gasteiger partial charge in [0.15, 0.2) is 0 Å². The summed E-state index contributed by atoms with van der Waals surface area (Å²) in [6, 6.07) is -0.384. The van der Waals surface area contributed by atoms with Crippen molar-refractivity contribution < 1.29 is 4.39 Å². The first kappa shape index (κ1) is 8.63. The summed E-state index contributed by atoms with van der Waals surface area (Å²) in [6.45, 7) is 3.76. The van der Waals surface area contributed by atoms with Gasteiger partial charge in [0.1, 0.15) is 5.83 Å². The van der Waals surface area contributed by atoms with E-state index in [9.17, 15) is 4.39 Å². The molecule has 0 unspecified atom stereocenters. The lowest BCUT2D eigenvalue weighted by molar-refractivity contribution is 0.526. The maximum Gasteiger partial charge on any atom is 0.113 e. The van der Waals surface area contributed by atoms with E-state index in [1.165, 1.54) is 6.08 Å². The second-order valence-electron chi connectivity index (χ2n) is 2.01. The van der Waals surface area contributed by atoms with E-state index in [1.807, 2.05) is 13.8 Å². The molecule has 0 aromatic heterocycles. The SMILES string of the molecule is CC/C=C(/F)[C@H](N)CC. The van der Waals surface area contributed by atoms with E-state index < -0.39 is 0 Å². The molecule has 2 heteroatoms. The molecule has 0 spiro atoms. The topological polar surface area (TPSA) is 26.0 Å². The minimum Gasteiger partial charge on any atom is -0.322 e. The van der Waals surface area contributed by atoms with Crippen LogP contribution in [0.15, 0.2) is 11.9 Å². The van der Waals surface area contributed by atoms with Crippen LogP contribution < -0.4 is 5.73 Å². The van der Waals surface area contributed by atoms with Crippen molar-refractivity contribution in [3.8, 4) is 0 Å². The number of allylic oxidation sites excluding steroid dienone is 1. The van der Waals surface area contributed by atoms with E-state index in [1.54, 1.807) is 0 Å². The van der Waals surface area contributed by atoms with Crippen molar-refractivity contribution in [3.05, 3.63) is 11.9 Å². The fourth-order valence-corrected chi connectivity index (χ4v) is 0.541. The zero-order chi connectivity index (χ0) is 7.28. The fraction of sp³-hybridized carbons (Fsp3) is 0.714. The quantitative estimate of drug-likeness (QED) is 0.622. The third kappa shape index (κ3) is 3.25. The summed E-state index contributed by atoms with van der Waals surface area (Å²) in [6.07, 6.45) is 2.91. The lowest BCUT2D eigenvalue weighted by atomic mass is 10.2. The maximum absolute atomic E-state index is 12.5. The van der Waals surface area contributed by atoms with E-state index in [4.69, 9.17) is 5.73 Å². The summed E-state index contributed by atoms with van der Waals surface area (Å²) in [7, 11) is 0. The second kappa shape index (κ2) is 4.50. The smallest absolute Gasteiger partial charge is 0.113 e. The van der Waals surface area contributed by atoms with Crippen LogP contribution in [0.2, 0.25) is 0 Å². The molecule has 2 N–H and O–H groups in total. The van der Waals surface area contributed by atoms with Crippen LogP contribution >= 0.6 is 0 Å². The van der Waals surface area contributed by atoms with Crippen LogP contribution in [0.25, 0.3) is 0 Å². The summed E-state index contributed by atoms with van der Waals surface area (Å²) in [4.78, 5) is 0. The first-order valence-corrected chi connectivity index (χ1v) is 3.33. The summed E-state index contributed by atoms with van der Waals surface area (Å²) in [5.74, 6) is -0.181. The molecule has 1 atom stereocenters. The molecule has 0 saturated carbocycles. The van der Waals surface area contributed by atoms with Gasteiger partial charge in [-0.05, 0) is 12.8 Å². The van der Waals surface area contributed by atoms with Gasteiger partial charge >= 0.3 is 0 Å². The van der Waals surface area contributed by atoms with Crippen molar-refractivity contribution in [2.45, 2.75) is 32.7 Å². The monoisotopic (exact) mass is 131 g/mol. The number of nitrogens with two attached hydrogens (primary N) is 1. The Bertz CT molecular complexity index is 99.1. The summed E-state index contributed by atoms with van der Waals surface area (Å²) < 4.78 is 12.5. The number of rotatable bonds is 3. The van der Waals surface area contributed by atoms with Crippen LogP contribution in [0.1, 0.15) is 26.7 Å². The highest BCUT2D eigenvalue weighted by Crippen LogP contribution is 2.05. The maximum atomic E-state index is 12.5. The Kier molecular flexibility index (Phi) is 4.32. The third-order valence-electron chi connectivity index (χ3n) is 1.19. The zero-order valence-electron chi connectivity index (χ0n) is 6.02. The van der Waals surface area contributed by atoms with E-state index >= 15 is 0 Å². The van der Waals surface area contributed by atoms with Gasteiger partial charge in [-0.25, -0.2) is 4.39 Å². The van der Waals surface area contributed by atoms with Crippen LogP contribution in [0, 0.1) is 0 Å². The van der Waals surface area contributed by atoms with Crippen LogP contribution in [0.3, 0.4) is 0 Å². The molecule has 1 nitrogen and oxygen atoms in total. The molecule has 54 valence electrons. The van der Waals surface area contributed by atoms with E-state index in [-0.39, 0.29) is 11.9 Å². The van der Waals surface area contributed by atoms with Gasteiger partial charge < -0.3 is 5.73 Å². The highest BCUT2D eigenvalue weighted by atomic mass is 19.1. The zero-order valence-corrected chi connectivity index (χ0v) is 6.02. The molecule has 0 radical (unpaired) electrons. The first-order valence-electron chi connectivity index (χ1n) is 3.33. The van der Waals surface area contributed by atoms with Crippen LogP contribution in [0.5, 0.6) is 0 Å². The molecular weight excluding hydrogens is 117 g/mol. The van der Waals surface area contributed by atoms with E-state index in [0.717, 1.165) is 6.42 Å². The second-order valence-corrected chi connectivity index (χ2v) is 2.01. The molecule has 0 aliphatic heterocycles. The molecule has 0 aromatic carbocycles. The van der Waals surface area contributed by atoms with E-state index in [2.05, 4.69) is 0 Å². The predicted molar refractivity (Wildman–Crippen MR) is 37.7 cm³/mol. The summed E-state index contributed by atoms with van der Waals surface area (Å²) in [5, 5.41) is 0. The molecule has 0 heterocycles. The molecule has 0 fully saturated rings. The van der Waals surface area contributed by atoms with Gasteiger partial charge in [-0.2, -0.15) is 0 Å². The van der Waals surface area contributed by atoms with Gasteiger partial charge in [0, 0.05) is 0 Å². The first-order chi connectivity index (χ1) is 4.22. The molecule has 0 aliphatic rings. The van der Waals surface area contributed by atoms with Gasteiger partial charge in [0.2, 0.25) is 0 Å². The molecule has 9 heavy (non-hydrogen) atoms. The normalized spacial score (nSPS) is 15.8. The van der Waals surface area contributed by atoms with Gasteiger partial charge in [-0.15, -0.1) is 0 Å². The number of halogens is 1. The highest BCUT2D eigenvalue weighted by Gasteiger charge is 2.02. The van der Waals surface area contributed by atoms with Gasteiger partial charge in [-0.3, -0.25) is 0 Å². The lowest BCUT2D eigenvalue weighted by Crippen LogP contribution is -2.18. The van der Waals surface area contributed by atoms with Crippen molar-refractivity contribution in [1.82, 2.24) is 0 Å². The van der Waals surface area contributed by atoms with Crippen molar-refractivity contribution in [2.24, 2.45) is 5.73 Å². The summed E-state index contributed by atoms with van der Waals surface area (Å²) in [5.41, 5.74) is 5.36. The Morgan fingerprint density at radius 1 is 1.67 bits per heavy atom. The molecule has 0 aliphatic carbocycles. The average molecular weight is 131 g/mol. The van der Waals surface area contributed by atoms with Crippen LogP contribution in [-0.4, -0.2) is 6.04 Å². The average Bonchev–Trinajstić information content (AvgIpc) is 1.87. The Labute approximate surface area is 55.7 Å². The molecule has 0 saturated heterocycles. The highest BCUT2D eigenvalue weighted by molar-refractivity contribution is 4.99. The molecule has 0 bridgehead atoms. The molecular formula is C7H14FN. The van der Waals surface area contributed by atoms with E-state index in [0.29, 0.717) is 6.42 Å². The van der Waals surface area contributed by atoms with Gasteiger partial charge in [0.25, 0.3) is 0 Å². The molecule has 0 rings (SSSR count). The Balaban J connectivity index is 3.70. The Morgan fingerprint density at radius 3 is 2.56 bits per heavy atom. The van der Waals surface area contributed by atoms with Crippen molar-refractivity contribution in [2.75, 3.05) is 0 Å². The summed E-state index contributed by atoms with van der Waals surface area (Å²) >= 11 is 0. The van der Waals surface area contributed by atoms with Gasteiger partial charge in [0.05, 0.1) is 6.04 Å².